The fourth-order valence-corrected chi connectivity index (χ4v) is 5.31. The highest BCUT2D eigenvalue weighted by Crippen LogP contribution is 2.25. The Labute approximate surface area is 210 Å². The molecule has 0 aliphatic heterocycles. The van der Waals surface area contributed by atoms with Crippen LogP contribution in [0.2, 0.25) is 0 Å². The summed E-state index contributed by atoms with van der Waals surface area (Å²) in [5.41, 5.74) is 3.11. The zero-order chi connectivity index (χ0) is 26.0. The van der Waals surface area contributed by atoms with Crippen LogP contribution in [-0.4, -0.2) is 30.2 Å². The van der Waals surface area contributed by atoms with Crippen molar-refractivity contribution >= 4 is 27.3 Å². The van der Waals surface area contributed by atoms with Crippen molar-refractivity contribution in [3.8, 4) is 5.69 Å². The van der Waals surface area contributed by atoms with E-state index in [1.807, 2.05) is 32.0 Å². The van der Waals surface area contributed by atoms with Crippen LogP contribution in [0.25, 0.3) is 5.69 Å². The average Bonchev–Trinajstić information content (AvgIpc) is 3.07. The lowest BCUT2D eigenvalue weighted by Gasteiger charge is -2.24. The molecule has 186 valence electrons. The normalized spacial score (nSPS) is 11.3. The van der Waals surface area contributed by atoms with E-state index in [1.165, 1.54) is 16.8 Å². The van der Waals surface area contributed by atoms with E-state index in [9.17, 15) is 18.0 Å². The number of nitrogens with one attached hydrogen (secondary N) is 1. The third kappa shape index (κ3) is 4.83. The maximum Gasteiger partial charge on any atom is 0.295 e. The molecule has 0 aliphatic carbocycles. The Kier molecular flexibility index (Phi) is 6.85. The summed E-state index contributed by atoms with van der Waals surface area (Å²) in [6.45, 7) is 4.98. The molecule has 1 aromatic heterocycles. The van der Waals surface area contributed by atoms with E-state index in [2.05, 4.69) is 5.32 Å². The highest BCUT2D eigenvalue weighted by molar-refractivity contribution is 7.92. The number of hydrogen-bond donors (Lipinski definition) is 1. The molecule has 1 heterocycles. The van der Waals surface area contributed by atoms with Gasteiger partial charge in [0.15, 0.2) is 0 Å². The zero-order valence-electron chi connectivity index (χ0n) is 20.6. The first-order valence-corrected chi connectivity index (χ1v) is 12.8. The molecule has 0 aliphatic rings. The number of benzene rings is 3. The van der Waals surface area contributed by atoms with Crippen molar-refractivity contribution in [2.45, 2.75) is 25.7 Å². The summed E-state index contributed by atoms with van der Waals surface area (Å²) in [6, 6.07) is 22.4. The fourth-order valence-electron chi connectivity index (χ4n) is 3.89. The van der Waals surface area contributed by atoms with Crippen molar-refractivity contribution < 1.29 is 13.2 Å². The summed E-state index contributed by atoms with van der Waals surface area (Å²) in [6.07, 6.45) is 0. The van der Waals surface area contributed by atoms with E-state index in [0.29, 0.717) is 17.1 Å². The average molecular weight is 505 g/mol. The molecule has 8 nitrogen and oxygen atoms in total. The Hall–Kier alpha value is -4.11. The Morgan fingerprint density at radius 1 is 0.861 bits per heavy atom. The van der Waals surface area contributed by atoms with Gasteiger partial charge < -0.3 is 5.32 Å². The van der Waals surface area contributed by atoms with Gasteiger partial charge in [-0.05, 0) is 57.2 Å². The van der Waals surface area contributed by atoms with Crippen LogP contribution in [0, 0.1) is 20.8 Å². The van der Waals surface area contributed by atoms with Gasteiger partial charge in [-0.2, -0.15) is 0 Å². The number of para-hydroxylation sites is 1. The van der Waals surface area contributed by atoms with Crippen molar-refractivity contribution in [2.75, 3.05) is 16.2 Å². The largest absolute Gasteiger partial charge is 0.318 e. The molecular weight excluding hydrogens is 476 g/mol. The van der Waals surface area contributed by atoms with E-state index < -0.39 is 28.0 Å². The van der Waals surface area contributed by atoms with Crippen molar-refractivity contribution in [2.24, 2.45) is 7.05 Å². The maximum absolute atomic E-state index is 13.6. The molecule has 0 unspecified atom stereocenters. The second-order valence-corrected chi connectivity index (χ2v) is 10.5. The van der Waals surface area contributed by atoms with Crippen LogP contribution in [0.5, 0.6) is 0 Å². The standard InChI is InChI=1S/C27H28N4O4S/c1-19-10-14-22(15-11-19)30(36(34,35)24-16-12-20(2)13-17-24)18-25(32)28-26-21(3)29(4)31(27(26)33)23-8-6-5-7-9-23/h5-17H,18H2,1-4H3,(H,28,32). The quantitative estimate of drug-likeness (QED) is 0.413. The molecule has 0 atom stereocenters. The van der Waals surface area contributed by atoms with Crippen molar-refractivity contribution in [1.82, 2.24) is 9.36 Å². The molecule has 0 saturated heterocycles. The molecule has 36 heavy (non-hydrogen) atoms. The number of sulfonamides is 1. The lowest BCUT2D eigenvalue weighted by atomic mass is 10.2. The van der Waals surface area contributed by atoms with Gasteiger partial charge in [-0.1, -0.05) is 53.6 Å². The topological polar surface area (TPSA) is 93.4 Å². The second kappa shape index (κ2) is 9.87. The van der Waals surface area contributed by atoms with Crippen LogP contribution in [0.3, 0.4) is 0 Å². The highest BCUT2D eigenvalue weighted by atomic mass is 32.2. The molecule has 4 aromatic rings. The number of aromatic nitrogens is 2. The first-order chi connectivity index (χ1) is 17.1. The van der Waals surface area contributed by atoms with Crippen LogP contribution >= 0.6 is 0 Å². The predicted octanol–water partition coefficient (Wildman–Crippen LogP) is 3.94. The lowest BCUT2D eigenvalue weighted by molar-refractivity contribution is -0.114. The number of carbonyl (C=O) groups excluding carboxylic acids is 1. The smallest absolute Gasteiger partial charge is 0.295 e. The molecule has 9 heteroatoms. The third-order valence-corrected chi connectivity index (χ3v) is 7.82. The van der Waals surface area contributed by atoms with Crippen LogP contribution in [0.4, 0.5) is 11.4 Å². The Bertz CT molecular complexity index is 1550. The van der Waals surface area contributed by atoms with Crippen LogP contribution in [-0.2, 0) is 21.9 Å². The van der Waals surface area contributed by atoms with Gasteiger partial charge in [-0.3, -0.25) is 18.6 Å². The molecule has 0 radical (unpaired) electrons. The van der Waals surface area contributed by atoms with Crippen molar-refractivity contribution in [3.63, 3.8) is 0 Å². The van der Waals surface area contributed by atoms with Gasteiger partial charge in [0.2, 0.25) is 5.91 Å². The minimum Gasteiger partial charge on any atom is -0.318 e. The van der Waals surface area contributed by atoms with Crippen molar-refractivity contribution in [3.05, 3.63) is 106 Å². The number of amides is 1. The van der Waals surface area contributed by atoms with Crippen LogP contribution < -0.4 is 15.2 Å². The second-order valence-electron chi connectivity index (χ2n) is 8.64. The Balaban J connectivity index is 1.69. The predicted molar refractivity (Wildman–Crippen MR) is 141 cm³/mol. The van der Waals surface area contributed by atoms with Gasteiger partial charge in [0.25, 0.3) is 15.6 Å². The molecule has 3 aromatic carbocycles. The minimum absolute atomic E-state index is 0.0730. The van der Waals surface area contributed by atoms with Crippen LogP contribution in [0.1, 0.15) is 16.8 Å². The lowest BCUT2D eigenvalue weighted by Crippen LogP contribution is -2.38. The Morgan fingerprint density at radius 3 is 2.00 bits per heavy atom. The number of aryl methyl sites for hydroxylation is 2. The summed E-state index contributed by atoms with van der Waals surface area (Å²) < 4.78 is 31.3. The molecule has 0 saturated carbocycles. The first kappa shape index (κ1) is 25.0. The zero-order valence-corrected chi connectivity index (χ0v) is 21.4. The van der Waals surface area contributed by atoms with E-state index >= 15 is 0 Å². The SMILES string of the molecule is Cc1ccc(N(CC(=O)Nc2c(C)n(C)n(-c3ccccc3)c2=O)S(=O)(=O)c2ccc(C)cc2)cc1. The molecule has 1 N–H and O–H groups in total. The number of anilines is 2. The fraction of sp³-hybridized carbons (Fsp3) is 0.185. The first-order valence-electron chi connectivity index (χ1n) is 11.4. The monoisotopic (exact) mass is 504 g/mol. The maximum atomic E-state index is 13.6. The molecule has 4 rings (SSSR count). The van der Waals surface area contributed by atoms with Gasteiger partial charge in [0.1, 0.15) is 12.2 Å². The molecule has 0 bridgehead atoms. The molecule has 1 amide bonds. The number of hydrogen-bond acceptors (Lipinski definition) is 4. The summed E-state index contributed by atoms with van der Waals surface area (Å²) in [4.78, 5) is 26.4. The van der Waals surface area contributed by atoms with E-state index in [4.69, 9.17) is 0 Å². The van der Waals surface area contributed by atoms with Crippen molar-refractivity contribution in [1.29, 1.82) is 0 Å². The summed E-state index contributed by atoms with van der Waals surface area (Å²) in [5.74, 6) is -0.628. The highest BCUT2D eigenvalue weighted by Gasteiger charge is 2.28. The summed E-state index contributed by atoms with van der Waals surface area (Å²) in [5, 5.41) is 2.65. The minimum atomic E-state index is -4.05. The van der Waals surface area contributed by atoms with E-state index in [0.717, 1.165) is 15.4 Å². The summed E-state index contributed by atoms with van der Waals surface area (Å²) in [7, 11) is -2.33. The number of rotatable bonds is 7. The van der Waals surface area contributed by atoms with E-state index in [1.54, 1.807) is 67.2 Å². The third-order valence-electron chi connectivity index (χ3n) is 6.04. The summed E-state index contributed by atoms with van der Waals surface area (Å²) >= 11 is 0. The molecular formula is C27H28N4O4S. The Morgan fingerprint density at radius 2 is 1.42 bits per heavy atom. The molecule has 0 fully saturated rings. The van der Waals surface area contributed by atoms with Gasteiger partial charge in [-0.25, -0.2) is 13.1 Å². The van der Waals surface area contributed by atoms with E-state index in [-0.39, 0.29) is 10.6 Å². The number of carbonyl (C=O) groups is 1. The van der Waals surface area contributed by atoms with Gasteiger partial charge in [0.05, 0.1) is 22.0 Å². The molecule has 0 spiro atoms. The van der Waals surface area contributed by atoms with Gasteiger partial charge in [-0.15, -0.1) is 0 Å². The van der Waals surface area contributed by atoms with Gasteiger partial charge in [0, 0.05) is 7.05 Å². The number of nitrogens with zero attached hydrogens (tertiary/aromatic N) is 3. The van der Waals surface area contributed by atoms with Gasteiger partial charge >= 0.3 is 0 Å². The van der Waals surface area contributed by atoms with Crippen LogP contribution in [0.15, 0.2) is 88.6 Å².